The van der Waals surface area contributed by atoms with Crippen LogP contribution in [0.3, 0.4) is 0 Å². The summed E-state index contributed by atoms with van der Waals surface area (Å²) in [7, 11) is 0. The van der Waals surface area contributed by atoms with E-state index < -0.39 is 0 Å². The van der Waals surface area contributed by atoms with Gasteiger partial charge in [0.15, 0.2) is 0 Å². The molecule has 5 aromatic rings. The molecule has 3 heterocycles. The second kappa shape index (κ2) is 9.27. The highest BCUT2D eigenvalue weighted by Gasteiger charge is 2.21. The molecular formula is C26H23N5O3S. The molecule has 35 heavy (non-hydrogen) atoms. The van der Waals surface area contributed by atoms with E-state index in [1.165, 1.54) is 22.2 Å². The van der Waals surface area contributed by atoms with Crippen molar-refractivity contribution in [2.45, 2.75) is 33.7 Å². The van der Waals surface area contributed by atoms with Crippen molar-refractivity contribution in [3.05, 3.63) is 81.9 Å². The number of nitrogens with one attached hydrogen (secondary N) is 1. The topological polar surface area (TPSA) is 103 Å². The second-order valence-corrected chi connectivity index (χ2v) is 9.31. The molecule has 5 rings (SSSR count). The summed E-state index contributed by atoms with van der Waals surface area (Å²) in [6.07, 6.45) is 2.27. The fourth-order valence-corrected chi connectivity index (χ4v) is 4.98. The van der Waals surface area contributed by atoms with E-state index in [0.29, 0.717) is 38.1 Å². The van der Waals surface area contributed by atoms with Gasteiger partial charge < -0.3 is 9.84 Å². The van der Waals surface area contributed by atoms with E-state index in [4.69, 9.17) is 4.52 Å². The van der Waals surface area contributed by atoms with Crippen LogP contribution in [-0.2, 0) is 17.8 Å². The third-order valence-corrected chi connectivity index (χ3v) is 6.93. The minimum Gasteiger partial charge on any atom is -0.333 e. The van der Waals surface area contributed by atoms with Crippen LogP contribution in [0.25, 0.3) is 32.4 Å². The summed E-state index contributed by atoms with van der Waals surface area (Å²) in [5.74, 6) is 0.519. The maximum atomic E-state index is 13.2. The zero-order valence-electron chi connectivity index (χ0n) is 19.5. The summed E-state index contributed by atoms with van der Waals surface area (Å²) in [6.45, 7) is 5.74. The summed E-state index contributed by atoms with van der Waals surface area (Å²) in [5, 5.41) is 7.41. The van der Waals surface area contributed by atoms with Crippen molar-refractivity contribution in [2.24, 2.45) is 0 Å². The number of nitrogens with zero attached hydrogens (tertiary/aromatic N) is 4. The lowest BCUT2D eigenvalue weighted by Crippen LogP contribution is -2.27. The highest BCUT2D eigenvalue weighted by atomic mass is 32.1. The van der Waals surface area contributed by atoms with Gasteiger partial charge in [-0.25, -0.2) is 4.98 Å². The Bertz CT molecular complexity index is 1620. The zero-order valence-corrected chi connectivity index (χ0v) is 20.3. The maximum Gasteiger partial charge on any atom is 0.268 e. The number of benzene rings is 2. The predicted molar refractivity (Wildman–Crippen MR) is 137 cm³/mol. The van der Waals surface area contributed by atoms with Crippen LogP contribution < -0.4 is 10.9 Å². The minimum absolute atomic E-state index is 0.138. The Hall–Kier alpha value is -4.11. The van der Waals surface area contributed by atoms with Crippen LogP contribution in [0.2, 0.25) is 0 Å². The summed E-state index contributed by atoms with van der Waals surface area (Å²) in [4.78, 5) is 36.1. The first-order chi connectivity index (χ1) is 16.9. The van der Waals surface area contributed by atoms with Crippen LogP contribution in [0, 0.1) is 13.8 Å². The number of hydrogen-bond acceptors (Lipinski definition) is 7. The van der Waals surface area contributed by atoms with Crippen LogP contribution in [0.4, 0.5) is 5.69 Å². The zero-order chi connectivity index (χ0) is 24.5. The number of aromatic nitrogens is 4. The Labute approximate surface area is 205 Å². The molecule has 2 aromatic carbocycles. The number of amides is 1. The van der Waals surface area contributed by atoms with E-state index in [9.17, 15) is 9.59 Å². The molecule has 0 unspecified atom stereocenters. The van der Waals surface area contributed by atoms with Gasteiger partial charge in [0.25, 0.3) is 11.4 Å². The van der Waals surface area contributed by atoms with Gasteiger partial charge in [-0.2, -0.15) is 4.98 Å². The predicted octanol–water partition coefficient (Wildman–Crippen LogP) is 4.99. The molecule has 9 heteroatoms. The SMILES string of the molecule is CCc1cccc(NC(=O)Cn2cnc3sc(-c4nc(-c5cccc(C)c5)no4)c(C)c3c2=O)c1. The minimum atomic E-state index is -0.297. The van der Waals surface area contributed by atoms with E-state index in [-0.39, 0.29) is 18.0 Å². The van der Waals surface area contributed by atoms with Crippen molar-refractivity contribution in [2.75, 3.05) is 5.32 Å². The Kier molecular flexibility index (Phi) is 6.00. The number of anilines is 1. The van der Waals surface area contributed by atoms with Gasteiger partial charge in [0.2, 0.25) is 11.7 Å². The summed E-state index contributed by atoms with van der Waals surface area (Å²) in [6, 6.07) is 15.5. The van der Waals surface area contributed by atoms with Crippen molar-refractivity contribution in [3.8, 4) is 22.2 Å². The van der Waals surface area contributed by atoms with Crippen molar-refractivity contribution in [1.82, 2.24) is 19.7 Å². The molecule has 0 saturated heterocycles. The van der Waals surface area contributed by atoms with E-state index in [1.807, 2.05) is 62.4 Å². The van der Waals surface area contributed by atoms with Crippen LogP contribution in [0.1, 0.15) is 23.6 Å². The molecule has 3 aromatic heterocycles. The molecule has 8 nitrogen and oxygen atoms in total. The van der Waals surface area contributed by atoms with E-state index in [1.54, 1.807) is 0 Å². The lowest BCUT2D eigenvalue weighted by atomic mass is 10.1. The standard InChI is InChI=1S/C26H23N5O3S/c1-4-17-8-6-10-19(12-17)28-20(32)13-31-14-27-25-21(26(31)33)16(3)22(35-25)24-29-23(30-34-24)18-9-5-7-15(2)11-18/h5-12,14H,4,13H2,1-3H3,(H,28,32). The van der Waals surface area contributed by atoms with Crippen LogP contribution in [0.5, 0.6) is 0 Å². The molecule has 0 aliphatic rings. The molecule has 0 aliphatic carbocycles. The van der Waals surface area contributed by atoms with Crippen molar-refractivity contribution in [1.29, 1.82) is 0 Å². The van der Waals surface area contributed by atoms with Gasteiger partial charge in [-0.3, -0.25) is 14.2 Å². The number of thiophene rings is 1. The fraction of sp³-hybridized carbons (Fsp3) is 0.192. The van der Waals surface area contributed by atoms with E-state index in [0.717, 1.165) is 23.1 Å². The largest absolute Gasteiger partial charge is 0.333 e. The Morgan fingerprint density at radius 2 is 1.97 bits per heavy atom. The normalized spacial score (nSPS) is 11.2. The average molecular weight is 486 g/mol. The summed E-state index contributed by atoms with van der Waals surface area (Å²) in [5.41, 5.74) is 4.19. The number of aryl methyl sites for hydroxylation is 3. The first-order valence-corrected chi connectivity index (χ1v) is 12.0. The summed E-state index contributed by atoms with van der Waals surface area (Å²) < 4.78 is 6.84. The van der Waals surface area contributed by atoms with Gasteiger partial charge in [-0.1, -0.05) is 48.0 Å². The molecule has 0 saturated carbocycles. The van der Waals surface area contributed by atoms with Crippen molar-refractivity contribution < 1.29 is 9.32 Å². The number of carbonyl (C=O) groups is 1. The lowest BCUT2D eigenvalue weighted by molar-refractivity contribution is -0.116. The Morgan fingerprint density at radius 1 is 1.14 bits per heavy atom. The Balaban J connectivity index is 1.43. The average Bonchev–Trinajstić information content (AvgIpc) is 3.46. The fourth-order valence-electron chi connectivity index (χ4n) is 3.92. The third kappa shape index (κ3) is 4.50. The highest BCUT2D eigenvalue weighted by Crippen LogP contribution is 2.35. The second-order valence-electron chi connectivity index (χ2n) is 8.31. The number of carbonyl (C=O) groups excluding carboxylic acids is 1. The molecule has 0 spiro atoms. The van der Waals surface area contributed by atoms with Gasteiger partial charge in [-0.15, -0.1) is 11.3 Å². The first-order valence-electron chi connectivity index (χ1n) is 11.2. The molecule has 1 amide bonds. The maximum absolute atomic E-state index is 13.2. The third-order valence-electron chi connectivity index (χ3n) is 5.75. The molecule has 0 bridgehead atoms. The molecule has 0 radical (unpaired) electrons. The van der Waals surface area contributed by atoms with E-state index in [2.05, 4.69) is 27.4 Å². The van der Waals surface area contributed by atoms with Crippen LogP contribution in [-0.4, -0.2) is 25.6 Å². The summed E-state index contributed by atoms with van der Waals surface area (Å²) >= 11 is 1.32. The molecular weight excluding hydrogens is 462 g/mol. The van der Waals surface area contributed by atoms with Gasteiger partial charge in [0.1, 0.15) is 11.4 Å². The van der Waals surface area contributed by atoms with Crippen molar-refractivity contribution >= 4 is 33.1 Å². The molecule has 176 valence electrons. The van der Waals surface area contributed by atoms with Crippen molar-refractivity contribution in [3.63, 3.8) is 0 Å². The smallest absolute Gasteiger partial charge is 0.268 e. The first kappa shape index (κ1) is 22.7. The Morgan fingerprint density at radius 3 is 2.77 bits per heavy atom. The molecule has 0 fully saturated rings. The highest BCUT2D eigenvalue weighted by molar-refractivity contribution is 7.22. The van der Waals surface area contributed by atoms with Crippen LogP contribution in [0.15, 0.2) is 64.2 Å². The van der Waals surface area contributed by atoms with Gasteiger partial charge in [0, 0.05) is 11.3 Å². The number of hydrogen-bond donors (Lipinski definition) is 1. The van der Waals surface area contributed by atoms with Gasteiger partial charge in [-0.05, 0) is 49.6 Å². The molecule has 0 aliphatic heterocycles. The van der Waals surface area contributed by atoms with Gasteiger partial charge >= 0.3 is 0 Å². The molecule has 1 N–H and O–H groups in total. The monoisotopic (exact) mass is 485 g/mol. The van der Waals surface area contributed by atoms with E-state index >= 15 is 0 Å². The lowest BCUT2D eigenvalue weighted by Gasteiger charge is -2.08. The van der Waals surface area contributed by atoms with Gasteiger partial charge in [0.05, 0.1) is 16.6 Å². The molecule has 0 atom stereocenters. The van der Waals surface area contributed by atoms with Crippen LogP contribution >= 0.6 is 11.3 Å². The quantitative estimate of drug-likeness (QED) is 0.363. The number of rotatable bonds is 6. The number of fused-ring (bicyclic) bond motifs is 1.